The molecule has 1 saturated carbocycles. The molecule has 0 aromatic carbocycles. The van der Waals surface area contributed by atoms with Gasteiger partial charge in [0.1, 0.15) is 0 Å². The van der Waals surface area contributed by atoms with Crippen LogP contribution < -0.4 is 5.32 Å². The van der Waals surface area contributed by atoms with Gasteiger partial charge in [0, 0.05) is 19.2 Å². The predicted molar refractivity (Wildman–Crippen MR) is 77.9 cm³/mol. The Balaban J connectivity index is 1.63. The van der Waals surface area contributed by atoms with Gasteiger partial charge in [-0.3, -0.25) is 4.90 Å². The molecule has 19 heavy (non-hydrogen) atoms. The first-order chi connectivity index (χ1) is 9.38. The summed E-state index contributed by atoms with van der Waals surface area (Å²) in [6.45, 7) is 2.82. The van der Waals surface area contributed by atoms with E-state index < -0.39 is 0 Å². The number of hydrogen-bond donors (Lipinski definition) is 2. The van der Waals surface area contributed by atoms with E-state index in [1.165, 1.54) is 64.5 Å². The Morgan fingerprint density at radius 3 is 2.68 bits per heavy atom. The highest BCUT2D eigenvalue weighted by molar-refractivity contribution is 4.95. The Labute approximate surface area is 117 Å². The SMILES string of the molecule is OCCC1CC2CCCNC2N1CC1CCCCC1. The van der Waals surface area contributed by atoms with Crippen LogP contribution >= 0.6 is 0 Å². The smallest absolute Gasteiger partial charge is 0.0629 e. The first kappa shape index (κ1) is 13.8. The maximum Gasteiger partial charge on any atom is 0.0629 e. The lowest BCUT2D eigenvalue weighted by molar-refractivity contribution is 0.0907. The van der Waals surface area contributed by atoms with Gasteiger partial charge in [-0.1, -0.05) is 19.3 Å². The molecule has 3 unspecified atom stereocenters. The van der Waals surface area contributed by atoms with Gasteiger partial charge in [0.25, 0.3) is 0 Å². The molecule has 2 saturated heterocycles. The van der Waals surface area contributed by atoms with Crippen LogP contribution in [0.2, 0.25) is 0 Å². The summed E-state index contributed by atoms with van der Waals surface area (Å²) in [7, 11) is 0. The Morgan fingerprint density at radius 1 is 1.05 bits per heavy atom. The summed E-state index contributed by atoms with van der Waals surface area (Å²) in [6, 6.07) is 0.632. The molecule has 3 nitrogen and oxygen atoms in total. The van der Waals surface area contributed by atoms with Crippen molar-refractivity contribution in [3.63, 3.8) is 0 Å². The van der Waals surface area contributed by atoms with Crippen LogP contribution in [0.15, 0.2) is 0 Å². The van der Waals surface area contributed by atoms with Crippen molar-refractivity contribution in [2.45, 2.75) is 70.0 Å². The maximum atomic E-state index is 9.34. The molecule has 1 aliphatic carbocycles. The summed E-state index contributed by atoms with van der Waals surface area (Å²) < 4.78 is 0. The molecule has 2 N–H and O–H groups in total. The van der Waals surface area contributed by atoms with Gasteiger partial charge < -0.3 is 10.4 Å². The third-order valence-corrected chi connectivity index (χ3v) is 5.61. The molecule has 0 radical (unpaired) electrons. The summed E-state index contributed by atoms with van der Waals surface area (Å²) in [6.07, 6.45) is 12.8. The van der Waals surface area contributed by atoms with Crippen molar-refractivity contribution in [3.8, 4) is 0 Å². The Hall–Kier alpha value is -0.120. The second-order valence-electron chi connectivity index (χ2n) is 6.90. The minimum atomic E-state index is 0.352. The van der Waals surface area contributed by atoms with Crippen LogP contribution in [0.1, 0.15) is 57.8 Å². The summed E-state index contributed by atoms with van der Waals surface area (Å²) in [5.41, 5.74) is 0. The van der Waals surface area contributed by atoms with Crippen LogP contribution in [0.25, 0.3) is 0 Å². The van der Waals surface area contributed by atoms with E-state index in [4.69, 9.17) is 0 Å². The number of nitrogens with one attached hydrogen (secondary N) is 1. The van der Waals surface area contributed by atoms with Gasteiger partial charge in [0.05, 0.1) is 6.17 Å². The number of fused-ring (bicyclic) bond motifs is 1. The minimum absolute atomic E-state index is 0.352. The van der Waals surface area contributed by atoms with E-state index in [1.807, 2.05) is 0 Å². The average molecular weight is 266 g/mol. The second-order valence-corrected chi connectivity index (χ2v) is 6.90. The van der Waals surface area contributed by atoms with Gasteiger partial charge in [0.2, 0.25) is 0 Å². The van der Waals surface area contributed by atoms with Crippen LogP contribution in [-0.4, -0.2) is 41.9 Å². The Kier molecular flexibility index (Phi) is 4.78. The number of likely N-dealkylation sites (tertiary alicyclic amines) is 1. The molecule has 3 aliphatic rings. The molecular weight excluding hydrogens is 236 g/mol. The van der Waals surface area contributed by atoms with Gasteiger partial charge in [0.15, 0.2) is 0 Å². The Morgan fingerprint density at radius 2 is 1.89 bits per heavy atom. The fourth-order valence-electron chi connectivity index (χ4n) is 4.65. The van der Waals surface area contributed by atoms with E-state index in [1.54, 1.807) is 0 Å². The van der Waals surface area contributed by atoms with Crippen LogP contribution in [-0.2, 0) is 0 Å². The molecule has 2 heterocycles. The van der Waals surface area contributed by atoms with Crippen LogP contribution in [0.4, 0.5) is 0 Å². The van der Waals surface area contributed by atoms with Crippen molar-refractivity contribution in [1.29, 1.82) is 0 Å². The van der Waals surface area contributed by atoms with E-state index in [0.717, 1.165) is 18.3 Å². The molecule has 0 aromatic rings. The zero-order valence-corrected chi connectivity index (χ0v) is 12.2. The lowest BCUT2D eigenvalue weighted by atomic mass is 9.88. The lowest BCUT2D eigenvalue weighted by Crippen LogP contribution is -2.51. The number of aliphatic hydroxyl groups excluding tert-OH is 1. The summed E-state index contributed by atoms with van der Waals surface area (Å²) >= 11 is 0. The standard InChI is InChI=1S/C16H30N2O/c19-10-8-15-11-14-7-4-9-17-16(14)18(15)12-13-5-2-1-3-6-13/h13-17,19H,1-12H2. The first-order valence-electron chi connectivity index (χ1n) is 8.48. The van der Waals surface area contributed by atoms with Gasteiger partial charge in [-0.15, -0.1) is 0 Å². The van der Waals surface area contributed by atoms with E-state index in [9.17, 15) is 5.11 Å². The molecule has 3 atom stereocenters. The van der Waals surface area contributed by atoms with Crippen molar-refractivity contribution < 1.29 is 5.11 Å². The van der Waals surface area contributed by atoms with Crippen LogP contribution in [0, 0.1) is 11.8 Å². The zero-order chi connectivity index (χ0) is 13.1. The molecule has 3 rings (SSSR count). The highest BCUT2D eigenvalue weighted by Gasteiger charge is 2.42. The Bertz CT molecular complexity index is 278. The highest BCUT2D eigenvalue weighted by Crippen LogP contribution is 2.37. The molecule has 3 heteroatoms. The molecule has 0 spiro atoms. The van der Waals surface area contributed by atoms with Crippen LogP contribution in [0.3, 0.4) is 0 Å². The third-order valence-electron chi connectivity index (χ3n) is 5.61. The monoisotopic (exact) mass is 266 g/mol. The molecule has 0 aromatic heterocycles. The van der Waals surface area contributed by atoms with Crippen molar-refractivity contribution in [3.05, 3.63) is 0 Å². The van der Waals surface area contributed by atoms with Crippen molar-refractivity contribution in [2.75, 3.05) is 19.7 Å². The summed E-state index contributed by atoms with van der Waals surface area (Å²) in [5.74, 6) is 1.76. The van der Waals surface area contributed by atoms with E-state index in [0.29, 0.717) is 18.8 Å². The largest absolute Gasteiger partial charge is 0.396 e. The number of rotatable bonds is 4. The van der Waals surface area contributed by atoms with E-state index in [-0.39, 0.29) is 0 Å². The number of piperidine rings is 1. The fraction of sp³-hybridized carbons (Fsp3) is 1.00. The number of nitrogens with zero attached hydrogens (tertiary/aromatic N) is 1. The highest BCUT2D eigenvalue weighted by atomic mass is 16.3. The van der Waals surface area contributed by atoms with Crippen molar-refractivity contribution >= 4 is 0 Å². The fourth-order valence-corrected chi connectivity index (χ4v) is 4.65. The van der Waals surface area contributed by atoms with Gasteiger partial charge >= 0.3 is 0 Å². The number of aliphatic hydroxyl groups is 1. The van der Waals surface area contributed by atoms with E-state index in [2.05, 4.69) is 10.2 Å². The molecule has 3 fully saturated rings. The average Bonchev–Trinajstić information content (AvgIpc) is 2.79. The normalized spacial score (nSPS) is 37.4. The van der Waals surface area contributed by atoms with Crippen molar-refractivity contribution in [1.82, 2.24) is 10.2 Å². The van der Waals surface area contributed by atoms with Crippen molar-refractivity contribution in [2.24, 2.45) is 11.8 Å². The van der Waals surface area contributed by atoms with Crippen LogP contribution in [0.5, 0.6) is 0 Å². The summed E-state index contributed by atoms with van der Waals surface area (Å²) in [4.78, 5) is 2.73. The maximum absolute atomic E-state index is 9.34. The van der Waals surface area contributed by atoms with E-state index >= 15 is 0 Å². The lowest BCUT2D eigenvalue weighted by Gasteiger charge is -2.37. The molecule has 2 aliphatic heterocycles. The number of hydrogen-bond acceptors (Lipinski definition) is 3. The topological polar surface area (TPSA) is 35.5 Å². The minimum Gasteiger partial charge on any atom is -0.396 e. The molecule has 0 amide bonds. The first-order valence-corrected chi connectivity index (χ1v) is 8.48. The van der Waals surface area contributed by atoms with Gasteiger partial charge in [-0.2, -0.15) is 0 Å². The molecule has 110 valence electrons. The van der Waals surface area contributed by atoms with Gasteiger partial charge in [-0.25, -0.2) is 0 Å². The molecular formula is C16H30N2O. The van der Waals surface area contributed by atoms with Gasteiger partial charge in [-0.05, 0) is 56.9 Å². The molecule has 0 bridgehead atoms. The zero-order valence-electron chi connectivity index (χ0n) is 12.2. The quantitative estimate of drug-likeness (QED) is 0.820. The third kappa shape index (κ3) is 3.14. The predicted octanol–water partition coefficient (Wildman–Crippen LogP) is 2.35. The summed E-state index contributed by atoms with van der Waals surface area (Å²) in [5, 5.41) is 13.1. The second kappa shape index (κ2) is 6.55.